The number of aromatic nitrogens is 3. The molecule has 0 aromatic carbocycles. The number of hydrogen-bond acceptors (Lipinski definition) is 3. The van der Waals surface area contributed by atoms with Gasteiger partial charge in [0.2, 0.25) is 0 Å². The van der Waals surface area contributed by atoms with Crippen LogP contribution >= 0.6 is 0 Å². The number of rotatable bonds is 3. The van der Waals surface area contributed by atoms with Gasteiger partial charge in [0.1, 0.15) is 11.6 Å². The number of aryl methyl sites for hydroxylation is 1. The van der Waals surface area contributed by atoms with E-state index in [1.54, 1.807) is 0 Å². The predicted octanol–water partition coefficient (Wildman–Crippen LogP) is 2.24. The van der Waals surface area contributed by atoms with Crippen molar-refractivity contribution in [3.8, 4) is 0 Å². The van der Waals surface area contributed by atoms with Gasteiger partial charge in [-0.15, -0.1) is 10.2 Å². The summed E-state index contributed by atoms with van der Waals surface area (Å²) in [7, 11) is 0. The molecule has 1 aromatic rings. The second kappa shape index (κ2) is 4.65. The van der Waals surface area contributed by atoms with Gasteiger partial charge in [0.05, 0.1) is 0 Å². The summed E-state index contributed by atoms with van der Waals surface area (Å²) in [6.07, 6.45) is 6.49. The quantitative estimate of drug-likeness (QED) is 0.892. The maximum Gasteiger partial charge on any atom is 0.133 e. The molecule has 4 heteroatoms. The van der Waals surface area contributed by atoms with Crippen molar-refractivity contribution in [2.75, 3.05) is 0 Å². The lowest BCUT2D eigenvalue weighted by molar-refractivity contribution is 0.291. The Labute approximate surface area is 109 Å². The van der Waals surface area contributed by atoms with E-state index in [2.05, 4.69) is 40.9 Å². The van der Waals surface area contributed by atoms with Crippen LogP contribution in [0.5, 0.6) is 0 Å². The van der Waals surface area contributed by atoms with Crippen molar-refractivity contribution in [2.45, 2.75) is 71.0 Å². The fourth-order valence-corrected chi connectivity index (χ4v) is 3.82. The van der Waals surface area contributed by atoms with Crippen LogP contribution in [0.4, 0.5) is 0 Å². The van der Waals surface area contributed by atoms with Crippen LogP contribution in [0.2, 0.25) is 0 Å². The van der Waals surface area contributed by atoms with Gasteiger partial charge in [0.15, 0.2) is 0 Å². The summed E-state index contributed by atoms with van der Waals surface area (Å²) in [5.74, 6) is 3.04. The molecule has 2 aliphatic rings. The standard InChI is InChI=1S/C14H24N4/c1-9(2)18-10(3)16-17-14(18)8-11-6-12-4-5-13(7-11)15-12/h9,11-13,15H,4-8H2,1-3H3. The van der Waals surface area contributed by atoms with E-state index < -0.39 is 0 Å². The first-order chi connectivity index (χ1) is 8.63. The Hall–Kier alpha value is -0.900. The lowest BCUT2D eigenvalue weighted by Gasteiger charge is -2.29. The summed E-state index contributed by atoms with van der Waals surface area (Å²) in [4.78, 5) is 0. The van der Waals surface area contributed by atoms with Crippen LogP contribution in [-0.2, 0) is 6.42 Å². The minimum absolute atomic E-state index is 0.466. The molecule has 2 saturated heterocycles. The minimum Gasteiger partial charge on any atom is -0.313 e. The second-order valence-electron chi connectivity index (χ2n) is 6.31. The Morgan fingerprint density at radius 2 is 1.89 bits per heavy atom. The van der Waals surface area contributed by atoms with Gasteiger partial charge in [-0.3, -0.25) is 0 Å². The number of piperidine rings is 1. The minimum atomic E-state index is 0.466. The van der Waals surface area contributed by atoms with Gasteiger partial charge in [-0.05, 0) is 52.4 Å². The monoisotopic (exact) mass is 248 g/mol. The maximum atomic E-state index is 4.39. The van der Waals surface area contributed by atoms with Crippen molar-refractivity contribution in [3.05, 3.63) is 11.6 Å². The molecule has 2 fully saturated rings. The van der Waals surface area contributed by atoms with E-state index in [1.165, 1.54) is 31.5 Å². The summed E-state index contributed by atoms with van der Waals surface area (Å²) >= 11 is 0. The van der Waals surface area contributed by atoms with Crippen molar-refractivity contribution in [2.24, 2.45) is 5.92 Å². The van der Waals surface area contributed by atoms with E-state index in [9.17, 15) is 0 Å². The molecule has 2 atom stereocenters. The zero-order chi connectivity index (χ0) is 12.7. The summed E-state index contributed by atoms with van der Waals surface area (Å²) in [5.41, 5.74) is 0. The molecule has 0 aliphatic carbocycles. The van der Waals surface area contributed by atoms with Gasteiger partial charge < -0.3 is 9.88 Å². The lowest BCUT2D eigenvalue weighted by Crippen LogP contribution is -2.38. The molecule has 100 valence electrons. The Kier molecular flexibility index (Phi) is 3.14. The van der Waals surface area contributed by atoms with Gasteiger partial charge in [0.25, 0.3) is 0 Å². The van der Waals surface area contributed by atoms with Crippen molar-refractivity contribution < 1.29 is 0 Å². The van der Waals surface area contributed by atoms with Crippen molar-refractivity contribution in [1.82, 2.24) is 20.1 Å². The Morgan fingerprint density at radius 1 is 1.22 bits per heavy atom. The predicted molar refractivity (Wildman–Crippen MR) is 71.5 cm³/mol. The van der Waals surface area contributed by atoms with E-state index >= 15 is 0 Å². The van der Waals surface area contributed by atoms with Crippen LogP contribution < -0.4 is 5.32 Å². The number of hydrogen-bond donors (Lipinski definition) is 1. The first-order valence-corrected chi connectivity index (χ1v) is 7.30. The molecule has 2 bridgehead atoms. The molecule has 2 aliphatic heterocycles. The highest BCUT2D eigenvalue weighted by atomic mass is 15.3. The van der Waals surface area contributed by atoms with Crippen molar-refractivity contribution in [3.63, 3.8) is 0 Å². The van der Waals surface area contributed by atoms with Crippen molar-refractivity contribution in [1.29, 1.82) is 0 Å². The van der Waals surface area contributed by atoms with Crippen LogP contribution in [0.3, 0.4) is 0 Å². The number of nitrogens with one attached hydrogen (secondary N) is 1. The Balaban J connectivity index is 1.73. The molecule has 3 heterocycles. The van der Waals surface area contributed by atoms with Gasteiger partial charge in [0, 0.05) is 24.5 Å². The molecule has 3 rings (SSSR count). The smallest absolute Gasteiger partial charge is 0.133 e. The topological polar surface area (TPSA) is 42.7 Å². The first kappa shape index (κ1) is 12.2. The SMILES string of the molecule is Cc1nnc(CC2CC3CCC(C2)N3)n1C(C)C. The lowest BCUT2D eigenvalue weighted by atomic mass is 9.89. The summed E-state index contributed by atoms with van der Waals surface area (Å²) in [5, 5.41) is 12.4. The van der Waals surface area contributed by atoms with Crippen LogP contribution in [0.15, 0.2) is 0 Å². The zero-order valence-electron chi connectivity index (χ0n) is 11.7. The molecular formula is C14H24N4. The second-order valence-corrected chi connectivity index (χ2v) is 6.31. The molecular weight excluding hydrogens is 224 g/mol. The van der Waals surface area contributed by atoms with Crippen molar-refractivity contribution >= 4 is 0 Å². The molecule has 2 unspecified atom stereocenters. The van der Waals surface area contributed by atoms with Gasteiger partial charge in [-0.1, -0.05) is 0 Å². The van der Waals surface area contributed by atoms with E-state index in [0.29, 0.717) is 6.04 Å². The largest absolute Gasteiger partial charge is 0.313 e. The van der Waals surface area contributed by atoms with Crippen LogP contribution in [0.1, 0.15) is 57.2 Å². The molecule has 4 nitrogen and oxygen atoms in total. The molecule has 0 saturated carbocycles. The molecule has 0 spiro atoms. The molecule has 0 radical (unpaired) electrons. The Bertz CT molecular complexity index is 411. The highest BCUT2D eigenvalue weighted by molar-refractivity contribution is 5.00. The molecule has 18 heavy (non-hydrogen) atoms. The maximum absolute atomic E-state index is 4.39. The normalized spacial score (nSPS) is 31.2. The number of nitrogens with zero attached hydrogens (tertiary/aromatic N) is 3. The van der Waals surface area contributed by atoms with Crippen LogP contribution in [-0.4, -0.2) is 26.8 Å². The highest BCUT2D eigenvalue weighted by Crippen LogP contribution is 2.32. The third-order valence-electron chi connectivity index (χ3n) is 4.50. The highest BCUT2D eigenvalue weighted by Gasteiger charge is 2.34. The van der Waals surface area contributed by atoms with Gasteiger partial charge >= 0.3 is 0 Å². The fourth-order valence-electron chi connectivity index (χ4n) is 3.82. The average molecular weight is 248 g/mol. The molecule has 1 N–H and O–H groups in total. The summed E-state index contributed by atoms with van der Waals surface area (Å²) < 4.78 is 2.30. The van der Waals surface area contributed by atoms with E-state index in [0.717, 1.165) is 30.2 Å². The zero-order valence-corrected chi connectivity index (χ0v) is 11.7. The Morgan fingerprint density at radius 3 is 2.50 bits per heavy atom. The third-order valence-corrected chi connectivity index (χ3v) is 4.50. The summed E-state index contributed by atoms with van der Waals surface area (Å²) in [6.45, 7) is 6.49. The van der Waals surface area contributed by atoms with Gasteiger partial charge in [-0.25, -0.2) is 0 Å². The van der Waals surface area contributed by atoms with Crippen LogP contribution in [0, 0.1) is 12.8 Å². The van der Waals surface area contributed by atoms with E-state index in [1.807, 2.05) is 0 Å². The molecule has 1 aromatic heterocycles. The van der Waals surface area contributed by atoms with E-state index in [4.69, 9.17) is 0 Å². The average Bonchev–Trinajstić information content (AvgIpc) is 2.83. The van der Waals surface area contributed by atoms with E-state index in [-0.39, 0.29) is 0 Å². The number of fused-ring (bicyclic) bond motifs is 2. The summed E-state index contributed by atoms with van der Waals surface area (Å²) in [6, 6.07) is 2.00. The molecule has 0 amide bonds. The fraction of sp³-hybridized carbons (Fsp3) is 0.857. The van der Waals surface area contributed by atoms with Gasteiger partial charge in [-0.2, -0.15) is 0 Å². The third kappa shape index (κ3) is 2.18. The first-order valence-electron chi connectivity index (χ1n) is 7.30. The van der Waals surface area contributed by atoms with Crippen LogP contribution in [0.25, 0.3) is 0 Å².